The van der Waals surface area contributed by atoms with Gasteiger partial charge in [0.25, 0.3) is 0 Å². The molecule has 0 radical (unpaired) electrons. The molecule has 1 aromatic carbocycles. The van der Waals surface area contributed by atoms with Gasteiger partial charge in [0.05, 0.1) is 7.11 Å². The van der Waals surface area contributed by atoms with Gasteiger partial charge in [-0.15, -0.1) is 11.8 Å². The van der Waals surface area contributed by atoms with Crippen molar-refractivity contribution in [3.63, 3.8) is 0 Å². The number of hydrogen-bond donors (Lipinski definition) is 1. The summed E-state index contributed by atoms with van der Waals surface area (Å²) >= 11 is 6.50. The Hall–Kier alpha value is -0.280. The fourth-order valence-corrected chi connectivity index (χ4v) is 4.15. The van der Waals surface area contributed by atoms with Gasteiger partial charge < -0.3 is 4.74 Å². The Morgan fingerprint density at radius 2 is 1.88 bits per heavy atom. The lowest BCUT2D eigenvalue weighted by atomic mass is 9.91. The average molecular weight is 268 g/mol. The maximum absolute atomic E-state index is 5.17. The maximum Gasteiger partial charge on any atom is 0.118 e. The SMILES string of the molecule is COc1ccc(SCC2(CS)CCCC2)cc1. The first kappa shape index (κ1) is 13.2. The molecule has 2 rings (SSSR count). The number of thioether (sulfide) groups is 1. The number of benzene rings is 1. The summed E-state index contributed by atoms with van der Waals surface area (Å²) < 4.78 is 5.17. The molecule has 1 aliphatic rings. The fourth-order valence-electron chi connectivity index (χ4n) is 2.38. The van der Waals surface area contributed by atoms with E-state index in [4.69, 9.17) is 4.74 Å². The summed E-state index contributed by atoms with van der Waals surface area (Å²) in [6.07, 6.45) is 5.45. The quantitative estimate of drug-likeness (QED) is 0.630. The van der Waals surface area contributed by atoms with E-state index in [2.05, 4.69) is 24.8 Å². The van der Waals surface area contributed by atoms with Gasteiger partial charge in [-0.2, -0.15) is 12.6 Å². The molecule has 0 spiro atoms. The zero-order chi connectivity index (χ0) is 12.1. The number of methoxy groups -OCH3 is 1. The van der Waals surface area contributed by atoms with E-state index in [1.54, 1.807) is 7.11 Å². The normalized spacial score (nSPS) is 18.2. The van der Waals surface area contributed by atoms with Crippen molar-refractivity contribution in [3.8, 4) is 5.75 Å². The molecule has 17 heavy (non-hydrogen) atoms. The van der Waals surface area contributed by atoms with Crippen LogP contribution in [-0.4, -0.2) is 18.6 Å². The fraction of sp³-hybridized carbons (Fsp3) is 0.571. The second-order valence-electron chi connectivity index (χ2n) is 4.83. The molecule has 3 heteroatoms. The molecule has 1 aliphatic carbocycles. The second kappa shape index (κ2) is 6.05. The van der Waals surface area contributed by atoms with Gasteiger partial charge in [0, 0.05) is 10.6 Å². The molecule has 0 bridgehead atoms. The van der Waals surface area contributed by atoms with Crippen LogP contribution < -0.4 is 4.74 Å². The second-order valence-corrected chi connectivity index (χ2v) is 6.19. The van der Waals surface area contributed by atoms with Crippen LogP contribution in [0, 0.1) is 5.41 Å². The Morgan fingerprint density at radius 3 is 2.41 bits per heavy atom. The van der Waals surface area contributed by atoms with Gasteiger partial charge in [-0.05, 0) is 48.3 Å². The topological polar surface area (TPSA) is 9.23 Å². The van der Waals surface area contributed by atoms with Crippen molar-refractivity contribution in [1.29, 1.82) is 0 Å². The van der Waals surface area contributed by atoms with E-state index in [9.17, 15) is 0 Å². The van der Waals surface area contributed by atoms with Crippen LogP contribution >= 0.6 is 24.4 Å². The van der Waals surface area contributed by atoms with Crippen molar-refractivity contribution in [2.75, 3.05) is 18.6 Å². The first-order valence-electron chi connectivity index (χ1n) is 6.16. The molecule has 0 amide bonds. The van der Waals surface area contributed by atoms with Gasteiger partial charge >= 0.3 is 0 Å². The highest BCUT2D eigenvalue weighted by Crippen LogP contribution is 2.43. The Bertz CT molecular complexity index is 342. The number of rotatable bonds is 5. The minimum absolute atomic E-state index is 0.480. The molecule has 1 aromatic rings. The molecule has 0 saturated heterocycles. The van der Waals surface area contributed by atoms with Gasteiger partial charge in [-0.25, -0.2) is 0 Å². The van der Waals surface area contributed by atoms with Crippen molar-refractivity contribution >= 4 is 24.4 Å². The summed E-state index contributed by atoms with van der Waals surface area (Å²) in [5.74, 6) is 3.15. The molecule has 1 nitrogen and oxygen atoms in total. The lowest BCUT2D eigenvalue weighted by Gasteiger charge is -2.26. The largest absolute Gasteiger partial charge is 0.497 e. The van der Waals surface area contributed by atoms with E-state index in [0.717, 1.165) is 11.5 Å². The van der Waals surface area contributed by atoms with Crippen molar-refractivity contribution < 1.29 is 4.74 Å². The lowest BCUT2D eigenvalue weighted by molar-refractivity contribution is 0.403. The molecular weight excluding hydrogens is 248 g/mol. The Balaban J connectivity index is 1.92. The smallest absolute Gasteiger partial charge is 0.118 e. The van der Waals surface area contributed by atoms with Crippen LogP contribution in [0.4, 0.5) is 0 Å². The van der Waals surface area contributed by atoms with Gasteiger partial charge in [0.2, 0.25) is 0 Å². The van der Waals surface area contributed by atoms with Crippen LogP contribution in [0.3, 0.4) is 0 Å². The van der Waals surface area contributed by atoms with E-state index >= 15 is 0 Å². The molecule has 1 saturated carbocycles. The van der Waals surface area contributed by atoms with Crippen LogP contribution in [-0.2, 0) is 0 Å². The van der Waals surface area contributed by atoms with E-state index in [1.807, 2.05) is 23.9 Å². The van der Waals surface area contributed by atoms with Gasteiger partial charge in [-0.3, -0.25) is 0 Å². The molecule has 0 N–H and O–H groups in total. The highest BCUT2D eigenvalue weighted by molar-refractivity contribution is 7.99. The molecule has 0 aromatic heterocycles. The standard InChI is InChI=1S/C14H20OS2/c1-15-12-4-6-13(7-5-12)17-11-14(10-16)8-2-3-9-14/h4-7,16H,2-3,8-11H2,1H3. The summed E-state index contributed by atoms with van der Waals surface area (Å²) in [6, 6.07) is 8.35. The van der Waals surface area contributed by atoms with E-state index in [1.165, 1.54) is 36.3 Å². The summed E-state index contributed by atoms with van der Waals surface area (Å²) in [5.41, 5.74) is 0.480. The third kappa shape index (κ3) is 3.35. The molecule has 0 unspecified atom stereocenters. The Morgan fingerprint density at radius 1 is 1.24 bits per heavy atom. The minimum atomic E-state index is 0.480. The monoisotopic (exact) mass is 268 g/mol. The van der Waals surface area contributed by atoms with Crippen molar-refractivity contribution in [2.45, 2.75) is 30.6 Å². The van der Waals surface area contributed by atoms with E-state index < -0.39 is 0 Å². The Kier molecular flexibility index (Phi) is 4.69. The molecule has 94 valence electrons. The average Bonchev–Trinajstić information content (AvgIpc) is 2.86. The first-order valence-corrected chi connectivity index (χ1v) is 7.78. The van der Waals surface area contributed by atoms with Crippen molar-refractivity contribution in [3.05, 3.63) is 24.3 Å². The molecular formula is C14H20OS2. The van der Waals surface area contributed by atoms with Crippen molar-refractivity contribution in [2.24, 2.45) is 5.41 Å². The molecule has 1 fully saturated rings. The predicted molar refractivity (Wildman–Crippen MR) is 78.5 cm³/mol. The number of ether oxygens (including phenoxy) is 1. The molecule has 0 aliphatic heterocycles. The highest BCUT2D eigenvalue weighted by Gasteiger charge is 2.32. The van der Waals surface area contributed by atoms with E-state index in [0.29, 0.717) is 5.41 Å². The third-order valence-corrected chi connectivity index (χ3v) is 5.64. The summed E-state index contributed by atoms with van der Waals surface area (Å²) in [5, 5.41) is 0. The zero-order valence-corrected chi connectivity index (χ0v) is 12.0. The maximum atomic E-state index is 5.17. The predicted octanol–water partition coefficient (Wildman–Crippen LogP) is 4.28. The van der Waals surface area contributed by atoms with Crippen molar-refractivity contribution in [1.82, 2.24) is 0 Å². The van der Waals surface area contributed by atoms with Gasteiger partial charge in [0.1, 0.15) is 5.75 Å². The van der Waals surface area contributed by atoms with Crippen LogP contribution in [0.25, 0.3) is 0 Å². The minimum Gasteiger partial charge on any atom is -0.497 e. The van der Waals surface area contributed by atoms with Crippen LogP contribution in [0.2, 0.25) is 0 Å². The van der Waals surface area contributed by atoms with Crippen LogP contribution in [0.1, 0.15) is 25.7 Å². The lowest BCUT2D eigenvalue weighted by Crippen LogP contribution is -2.21. The highest BCUT2D eigenvalue weighted by atomic mass is 32.2. The first-order chi connectivity index (χ1) is 8.28. The van der Waals surface area contributed by atoms with Gasteiger partial charge in [0.15, 0.2) is 0 Å². The van der Waals surface area contributed by atoms with E-state index in [-0.39, 0.29) is 0 Å². The summed E-state index contributed by atoms with van der Waals surface area (Å²) in [7, 11) is 1.70. The third-order valence-electron chi connectivity index (χ3n) is 3.60. The molecule has 0 atom stereocenters. The summed E-state index contributed by atoms with van der Waals surface area (Å²) in [4.78, 5) is 1.33. The number of thiol groups is 1. The number of hydrogen-bond acceptors (Lipinski definition) is 3. The summed E-state index contributed by atoms with van der Waals surface area (Å²) in [6.45, 7) is 0. The van der Waals surface area contributed by atoms with Crippen LogP contribution in [0.15, 0.2) is 29.2 Å². The Labute approximate surface area is 114 Å². The van der Waals surface area contributed by atoms with Crippen LogP contribution in [0.5, 0.6) is 5.75 Å². The van der Waals surface area contributed by atoms with Gasteiger partial charge in [-0.1, -0.05) is 12.8 Å². The zero-order valence-electron chi connectivity index (χ0n) is 10.3. The molecule has 0 heterocycles.